The zero-order chi connectivity index (χ0) is 33.2. The number of hydrogen-bond donors (Lipinski definition) is 5. The number of thiol groups is 2. The number of amides is 1. The molecule has 4 aromatic heterocycles. The van der Waals surface area contributed by atoms with E-state index < -0.39 is 82.1 Å². The van der Waals surface area contributed by atoms with Crippen molar-refractivity contribution < 1.29 is 55.4 Å². The molecule has 3 saturated heterocycles. The number of alkyl halides is 2. The van der Waals surface area contributed by atoms with Crippen molar-refractivity contribution in [1.82, 2.24) is 39.0 Å². The molecule has 7 rings (SSSR count). The molecule has 0 spiro atoms. The number of carboxylic acid groups (broad SMARTS) is 1. The van der Waals surface area contributed by atoms with Crippen LogP contribution in [0.3, 0.4) is 0 Å². The van der Waals surface area contributed by atoms with E-state index in [2.05, 4.69) is 59.7 Å². The number of nitrogens with one attached hydrogen (secondary N) is 1. The van der Waals surface area contributed by atoms with E-state index in [1.807, 2.05) is 0 Å². The SMILES string of the molecule is Nc1ncnc2c1ncn2[C@H]1O[C@@H]2CO[P@@](=O)(S)O[C@@H]3[C@H](F)[C@@H](CO[P@@](=O)(S)O[C@@H]1[C@@H]2F)O[C@H]3n1cnc2c(NC(=O)O)ncnc21. The van der Waals surface area contributed by atoms with Gasteiger partial charge in [0.2, 0.25) is 0 Å². The second-order valence-electron chi connectivity index (χ2n) is 10.2. The number of imidazole rings is 2. The van der Waals surface area contributed by atoms with Gasteiger partial charge in [-0.3, -0.25) is 32.5 Å². The highest BCUT2D eigenvalue weighted by Gasteiger charge is 2.54. The van der Waals surface area contributed by atoms with Gasteiger partial charge in [-0.25, -0.2) is 52.6 Å². The largest absolute Gasteiger partial charge is 0.465 e. The summed E-state index contributed by atoms with van der Waals surface area (Å²) in [4.78, 5) is 35.3. The predicted octanol–water partition coefficient (Wildman–Crippen LogP) is 2.70. The van der Waals surface area contributed by atoms with Crippen LogP contribution in [-0.2, 0) is 36.7 Å². The lowest BCUT2D eigenvalue weighted by molar-refractivity contribution is -0.0575. The second kappa shape index (κ2) is 12.1. The number of ether oxygens (including phenoxy) is 2. The Kier molecular flexibility index (Phi) is 8.38. The van der Waals surface area contributed by atoms with Crippen molar-refractivity contribution in [1.29, 1.82) is 0 Å². The Bertz CT molecular complexity index is 1960. The van der Waals surface area contributed by atoms with Gasteiger partial charge in [0, 0.05) is 0 Å². The molecule has 3 aliphatic heterocycles. The molecule has 3 fully saturated rings. The Balaban J connectivity index is 1.21. The normalized spacial score (nSPS) is 36.4. The summed E-state index contributed by atoms with van der Waals surface area (Å²) in [6, 6.07) is 0. The standard InChI is InChI=1S/C21H22F2N10O10P2S2/c22-9-7-1-38-45(37,47)43-14-10(23)8(41-20(14)33-6-30-12-16(31-21(34)35)26-4-28-18(12)33)2-39-44(36,46)42-13(9)19(40-7)32-5-29-11-15(24)25-3-27-17(11)32/h3-10,13-14,19-20H,1-2H2,(H,34,35)(H,36,46)(H,37,47)(H2,24,25,27)(H,26,28,31)/t7-,8-,9-,10-,13-,14-,19+,20-,44-,45-/m1/s1. The lowest BCUT2D eigenvalue weighted by Gasteiger charge is -2.25. The van der Waals surface area contributed by atoms with E-state index in [-0.39, 0.29) is 34.0 Å². The zero-order valence-corrected chi connectivity index (χ0v) is 26.7. The third kappa shape index (κ3) is 6.07. The third-order valence-corrected chi connectivity index (χ3v) is 10.6. The molecular formula is C21H22F2N10O10P2S2. The van der Waals surface area contributed by atoms with Crippen molar-refractivity contribution in [3.05, 3.63) is 25.3 Å². The summed E-state index contributed by atoms with van der Waals surface area (Å²) in [6.45, 7) is -10.6. The molecule has 4 aromatic rings. The van der Waals surface area contributed by atoms with Gasteiger partial charge in [-0.05, 0) is 0 Å². The lowest BCUT2D eigenvalue weighted by atomic mass is 10.1. The van der Waals surface area contributed by atoms with Crippen LogP contribution in [0.4, 0.5) is 25.2 Å². The third-order valence-electron chi connectivity index (χ3n) is 7.36. The highest BCUT2D eigenvalue weighted by atomic mass is 32.7. The summed E-state index contributed by atoms with van der Waals surface area (Å²) >= 11 is 7.96. The molecule has 4 bridgehead atoms. The number of halogens is 2. The van der Waals surface area contributed by atoms with Crippen molar-refractivity contribution in [3.8, 4) is 0 Å². The predicted molar refractivity (Wildman–Crippen MR) is 159 cm³/mol. The van der Waals surface area contributed by atoms with Crippen molar-refractivity contribution in [2.45, 2.75) is 49.2 Å². The summed E-state index contributed by atoms with van der Waals surface area (Å²) in [7, 11) is 0. The van der Waals surface area contributed by atoms with Gasteiger partial charge < -0.3 is 20.3 Å². The minimum absolute atomic E-state index is 0.0248. The molecule has 0 saturated carbocycles. The Hall–Kier alpha value is -3.05. The van der Waals surface area contributed by atoms with E-state index >= 15 is 8.78 Å². The number of aromatic nitrogens is 8. The summed E-state index contributed by atoms with van der Waals surface area (Å²) in [6.07, 6.45) is -10.6. The number of carbonyl (C=O) groups is 1. The topological polar surface area (TPSA) is 252 Å². The Morgan fingerprint density at radius 1 is 0.851 bits per heavy atom. The van der Waals surface area contributed by atoms with E-state index in [0.29, 0.717) is 0 Å². The molecule has 4 N–H and O–H groups in total. The molecule has 26 heteroatoms. The quantitative estimate of drug-likeness (QED) is 0.150. The summed E-state index contributed by atoms with van der Waals surface area (Å²) in [5, 5.41) is 11.2. The molecule has 3 aliphatic rings. The van der Waals surface area contributed by atoms with Gasteiger partial charge in [0.1, 0.15) is 42.6 Å². The fraction of sp³-hybridized carbons (Fsp3) is 0.476. The number of nitrogen functional groups attached to an aromatic ring is 1. The summed E-state index contributed by atoms with van der Waals surface area (Å²) in [5.41, 5.74) is 6.09. The van der Waals surface area contributed by atoms with Crippen LogP contribution in [-0.4, -0.2) is 100 Å². The van der Waals surface area contributed by atoms with Crippen LogP contribution >= 0.6 is 38.1 Å². The smallest absolute Gasteiger partial charge is 0.410 e. The minimum atomic E-state index is -4.52. The van der Waals surface area contributed by atoms with E-state index in [4.69, 9.17) is 38.4 Å². The van der Waals surface area contributed by atoms with Gasteiger partial charge in [0.15, 0.2) is 53.2 Å². The van der Waals surface area contributed by atoms with Gasteiger partial charge >= 0.3 is 19.7 Å². The van der Waals surface area contributed by atoms with Crippen LogP contribution in [0.25, 0.3) is 22.3 Å². The number of nitrogens with two attached hydrogens (primary N) is 1. The molecule has 20 nitrogen and oxygen atoms in total. The maximum Gasteiger partial charge on any atom is 0.410 e. The number of fused-ring (bicyclic) bond motifs is 6. The van der Waals surface area contributed by atoms with Crippen LogP contribution in [0, 0.1) is 0 Å². The van der Waals surface area contributed by atoms with Crippen molar-refractivity contribution in [3.63, 3.8) is 0 Å². The molecule has 0 unspecified atom stereocenters. The average Bonchev–Trinajstić information content (AvgIpc) is 3.76. The van der Waals surface area contributed by atoms with E-state index in [9.17, 15) is 13.9 Å². The summed E-state index contributed by atoms with van der Waals surface area (Å²) in [5.74, 6) is -0.157. The molecular weight excluding hydrogens is 716 g/mol. The highest BCUT2D eigenvalue weighted by molar-refractivity contribution is 8.44. The van der Waals surface area contributed by atoms with Crippen molar-refractivity contribution >= 4 is 78.1 Å². The summed E-state index contributed by atoms with van der Waals surface area (Å²) < 4.78 is 94.6. The lowest BCUT2D eigenvalue weighted by Crippen LogP contribution is -2.34. The fourth-order valence-electron chi connectivity index (χ4n) is 5.32. The van der Waals surface area contributed by atoms with E-state index in [0.717, 1.165) is 19.0 Å². The van der Waals surface area contributed by atoms with Crippen LogP contribution in [0.1, 0.15) is 12.5 Å². The van der Waals surface area contributed by atoms with Crippen molar-refractivity contribution in [2.75, 3.05) is 24.3 Å². The number of rotatable bonds is 3. The molecule has 252 valence electrons. The molecule has 1 amide bonds. The fourth-order valence-corrected chi connectivity index (χ4v) is 8.22. The van der Waals surface area contributed by atoms with Gasteiger partial charge in [-0.2, -0.15) is 0 Å². The van der Waals surface area contributed by atoms with Crippen LogP contribution in [0.5, 0.6) is 0 Å². The Morgan fingerprint density at radius 3 is 1.87 bits per heavy atom. The van der Waals surface area contributed by atoms with Gasteiger partial charge in [-0.1, -0.05) is 24.5 Å². The molecule has 0 radical (unpaired) electrons. The van der Waals surface area contributed by atoms with Crippen LogP contribution in [0.2, 0.25) is 0 Å². The molecule has 10 atom stereocenters. The molecule has 7 heterocycles. The number of nitrogens with zero attached hydrogens (tertiary/aromatic N) is 8. The highest BCUT2D eigenvalue weighted by Crippen LogP contribution is 2.60. The van der Waals surface area contributed by atoms with Crippen LogP contribution < -0.4 is 11.1 Å². The zero-order valence-electron chi connectivity index (χ0n) is 23.2. The number of hydrogen-bond acceptors (Lipinski definition) is 16. The molecule has 47 heavy (non-hydrogen) atoms. The maximum atomic E-state index is 16.0. The average molecular weight is 739 g/mol. The monoisotopic (exact) mass is 738 g/mol. The first kappa shape index (κ1) is 32.5. The first-order valence-corrected chi connectivity index (χ1v) is 18.7. The molecule has 0 aliphatic carbocycles. The number of anilines is 2. The minimum Gasteiger partial charge on any atom is -0.465 e. The Labute approximate surface area is 271 Å². The van der Waals surface area contributed by atoms with Gasteiger partial charge in [0.25, 0.3) is 0 Å². The molecule has 0 aromatic carbocycles. The van der Waals surface area contributed by atoms with Crippen LogP contribution in [0.15, 0.2) is 25.3 Å². The van der Waals surface area contributed by atoms with E-state index in [1.165, 1.54) is 15.5 Å². The first-order chi connectivity index (χ1) is 22.3. The van der Waals surface area contributed by atoms with E-state index in [1.54, 1.807) is 0 Å². The first-order valence-electron chi connectivity index (χ1n) is 13.3. The second-order valence-corrected chi connectivity index (χ2v) is 16.0. The van der Waals surface area contributed by atoms with Crippen molar-refractivity contribution in [2.24, 2.45) is 0 Å². The Morgan fingerprint density at radius 2 is 1.34 bits per heavy atom. The maximum absolute atomic E-state index is 16.0. The van der Waals surface area contributed by atoms with Gasteiger partial charge in [-0.15, -0.1) is 0 Å². The van der Waals surface area contributed by atoms with Gasteiger partial charge in [0.05, 0.1) is 25.9 Å².